The molecular formula is C29H34N6O3S. The van der Waals surface area contributed by atoms with Crippen LogP contribution in [0.3, 0.4) is 0 Å². The van der Waals surface area contributed by atoms with Crippen molar-refractivity contribution >= 4 is 23.1 Å². The largest absolute Gasteiger partial charge is 0.419 e. The molecule has 1 aromatic carbocycles. The first-order chi connectivity index (χ1) is 18.9. The van der Waals surface area contributed by atoms with Crippen molar-refractivity contribution in [2.24, 2.45) is 0 Å². The first-order valence-electron chi connectivity index (χ1n) is 13.3. The Kier molecular flexibility index (Phi) is 8.33. The van der Waals surface area contributed by atoms with Gasteiger partial charge in [0.15, 0.2) is 0 Å². The summed E-state index contributed by atoms with van der Waals surface area (Å²) in [5, 5.41) is 11.7. The average Bonchev–Trinajstić information content (AvgIpc) is 3.72. The summed E-state index contributed by atoms with van der Waals surface area (Å²) in [5.74, 6) is 1.47. The third kappa shape index (κ3) is 6.17. The van der Waals surface area contributed by atoms with Gasteiger partial charge in [-0.25, -0.2) is 9.97 Å². The summed E-state index contributed by atoms with van der Waals surface area (Å²) in [6, 6.07) is 13.8. The summed E-state index contributed by atoms with van der Waals surface area (Å²) in [4.78, 5) is 27.2. The maximum atomic E-state index is 13.9. The van der Waals surface area contributed by atoms with Gasteiger partial charge in [0.2, 0.25) is 5.89 Å². The number of methoxy groups -OCH3 is 1. The molecule has 3 aromatic heterocycles. The zero-order valence-corrected chi connectivity index (χ0v) is 23.6. The number of benzene rings is 1. The zero-order valence-electron chi connectivity index (χ0n) is 22.8. The van der Waals surface area contributed by atoms with E-state index in [-0.39, 0.29) is 17.9 Å². The van der Waals surface area contributed by atoms with Gasteiger partial charge in [0.25, 0.3) is 11.8 Å². The van der Waals surface area contributed by atoms with Crippen molar-refractivity contribution in [3.63, 3.8) is 0 Å². The van der Waals surface area contributed by atoms with Gasteiger partial charge >= 0.3 is 0 Å². The Hall–Kier alpha value is -3.63. The summed E-state index contributed by atoms with van der Waals surface area (Å²) in [6.45, 7) is 5.89. The highest BCUT2D eigenvalue weighted by Crippen LogP contribution is 2.35. The summed E-state index contributed by atoms with van der Waals surface area (Å²) >= 11 is 1.61. The second-order valence-electron chi connectivity index (χ2n) is 10.0. The molecule has 5 rings (SSSR count). The fraction of sp³-hybridized carbons (Fsp3) is 0.414. The van der Waals surface area contributed by atoms with Gasteiger partial charge < -0.3 is 19.0 Å². The van der Waals surface area contributed by atoms with Gasteiger partial charge in [-0.3, -0.25) is 4.79 Å². The SMILES string of the molecule is COCCN(C)c1cc(C(=O)N2CCCC2c2nc(C)cs2)cc(-c2nnc(C(C)Cc3ccccc3)o2)n1. The smallest absolute Gasteiger partial charge is 0.266 e. The Morgan fingerprint density at radius 1 is 1.23 bits per heavy atom. The molecule has 1 aliphatic rings. The van der Waals surface area contributed by atoms with Crippen molar-refractivity contribution in [2.75, 3.05) is 38.8 Å². The number of hydrogen-bond donors (Lipinski definition) is 0. The topological polar surface area (TPSA) is 97.5 Å². The van der Waals surface area contributed by atoms with Crippen LogP contribution in [0.5, 0.6) is 0 Å². The number of anilines is 1. The standard InChI is InChI=1S/C29H34N6O3S/c1-19(15-21-9-6-5-7-10-21)26-32-33-27(38-26)23-16-22(17-25(31-23)34(3)13-14-37-4)29(36)35-12-8-11-24(35)28-30-20(2)18-39-28/h5-7,9-10,16-19,24H,8,11-15H2,1-4H3. The van der Waals surface area contributed by atoms with Crippen LogP contribution in [0.4, 0.5) is 5.82 Å². The minimum Gasteiger partial charge on any atom is -0.419 e. The third-order valence-electron chi connectivity index (χ3n) is 6.98. The van der Waals surface area contributed by atoms with Crippen LogP contribution in [0.25, 0.3) is 11.6 Å². The molecule has 0 N–H and O–H groups in total. The molecule has 1 fully saturated rings. The van der Waals surface area contributed by atoms with Gasteiger partial charge in [-0.2, -0.15) is 0 Å². The summed E-state index contributed by atoms with van der Waals surface area (Å²) < 4.78 is 11.4. The van der Waals surface area contributed by atoms with Crippen molar-refractivity contribution in [3.8, 4) is 11.6 Å². The molecule has 204 valence electrons. The molecule has 1 saturated heterocycles. The molecule has 0 radical (unpaired) electrons. The van der Waals surface area contributed by atoms with E-state index < -0.39 is 0 Å². The number of likely N-dealkylation sites (tertiary alicyclic amines) is 1. The maximum Gasteiger partial charge on any atom is 0.266 e. The molecule has 0 spiro atoms. The van der Waals surface area contributed by atoms with Gasteiger partial charge in [-0.15, -0.1) is 21.5 Å². The lowest BCUT2D eigenvalue weighted by Gasteiger charge is -2.24. The number of likely N-dealkylation sites (N-methyl/N-ethyl adjacent to an activating group) is 1. The number of pyridine rings is 1. The van der Waals surface area contributed by atoms with Crippen LogP contribution < -0.4 is 4.90 Å². The predicted octanol–water partition coefficient (Wildman–Crippen LogP) is 5.30. The van der Waals surface area contributed by atoms with Crippen molar-refractivity contribution in [2.45, 2.75) is 45.1 Å². The highest BCUT2D eigenvalue weighted by atomic mass is 32.1. The number of ether oxygens (including phenoxy) is 1. The Balaban J connectivity index is 1.45. The van der Waals surface area contributed by atoms with E-state index in [1.54, 1.807) is 24.5 Å². The number of nitrogens with zero attached hydrogens (tertiary/aromatic N) is 6. The van der Waals surface area contributed by atoms with Crippen LogP contribution in [0.15, 0.2) is 52.3 Å². The quantitative estimate of drug-likeness (QED) is 0.264. The van der Waals surface area contributed by atoms with Gasteiger partial charge in [-0.1, -0.05) is 37.3 Å². The van der Waals surface area contributed by atoms with Crippen LogP contribution in [-0.2, 0) is 11.2 Å². The Morgan fingerprint density at radius 3 is 2.79 bits per heavy atom. The Labute approximate surface area is 232 Å². The summed E-state index contributed by atoms with van der Waals surface area (Å²) in [7, 11) is 3.59. The van der Waals surface area contributed by atoms with E-state index in [0.717, 1.165) is 30.0 Å². The molecule has 2 atom stereocenters. The molecule has 0 bridgehead atoms. The van der Waals surface area contributed by atoms with Gasteiger partial charge in [0, 0.05) is 49.8 Å². The number of carbonyl (C=O) groups is 1. The molecule has 9 nitrogen and oxygen atoms in total. The molecule has 4 heterocycles. The van der Waals surface area contributed by atoms with Crippen molar-refractivity contribution in [1.82, 2.24) is 25.1 Å². The number of amides is 1. The molecule has 10 heteroatoms. The first-order valence-corrected chi connectivity index (χ1v) is 14.1. The van der Waals surface area contributed by atoms with E-state index in [9.17, 15) is 4.79 Å². The van der Waals surface area contributed by atoms with Crippen LogP contribution in [0.2, 0.25) is 0 Å². The molecule has 1 aliphatic heterocycles. The number of aromatic nitrogens is 4. The van der Waals surface area contributed by atoms with Crippen molar-refractivity contribution in [3.05, 3.63) is 75.6 Å². The lowest BCUT2D eigenvalue weighted by Crippen LogP contribution is -2.31. The van der Waals surface area contributed by atoms with Crippen molar-refractivity contribution in [1.29, 1.82) is 0 Å². The van der Waals surface area contributed by atoms with Crippen LogP contribution in [0.1, 0.15) is 64.2 Å². The highest BCUT2D eigenvalue weighted by Gasteiger charge is 2.33. The molecule has 0 aliphatic carbocycles. The van der Waals surface area contributed by atoms with Crippen LogP contribution >= 0.6 is 11.3 Å². The lowest BCUT2D eigenvalue weighted by atomic mass is 10.0. The average molecular weight is 547 g/mol. The van der Waals surface area contributed by atoms with Crippen molar-refractivity contribution < 1.29 is 13.9 Å². The molecule has 39 heavy (non-hydrogen) atoms. The van der Waals surface area contributed by atoms with E-state index in [0.29, 0.717) is 48.6 Å². The molecule has 0 saturated carbocycles. The molecule has 1 amide bonds. The van der Waals surface area contributed by atoms with Gasteiger partial charge in [-0.05, 0) is 43.9 Å². The first kappa shape index (κ1) is 27.0. The third-order valence-corrected chi connectivity index (χ3v) is 8.05. The van der Waals surface area contributed by atoms with E-state index >= 15 is 0 Å². The molecular weight excluding hydrogens is 512 g/mol. The van der Waals surface area contributed by atoms with Crippen LogP contribution in [0, 0.1) is 6.92 Å². The maximum absolute atomic E-state index is 13.9. The van der Waals surface area contributed by atoms with Gasteiger partial charge in [0.05, 0.1) is 12.6 Å². The number of rotatable bonds is 10. The normalized spacial score (nSPS) is 16.0. The molecule has 4 aromatic rings. The summed E-state index contributed by atoms with van der Waals surface area (Å²) in [6.07, 6.45) is 2.63. The highest BCUT2D eigenvalue weighted by molar-refractivity contribution is 7.09. The Bertz CT molecular complexity index is 1410. The number of aryl methyl sites for hydroxylation is 1. The molecule has 2 unspecified atom stereocenters. The van der Waals surface area contributed by atoms with E-state index in [2.05, 4.69) is 34.2 Å². The van der Waals surface area contributed by atoms with E-state index in [1.165, 1.54) is 5.56 Å². The fourth-order valence-electron chi connectivity index (χ4n) is 4.84. The number of thiazole rings is 1. The minimum atomic E-state index is -0.0485. The Morgan fingerprint density at radius 2 is 2.05 bits per heavy atom. The van der Waals surface area contributed by atoms with Crippen LogP contribution in [-0.4, -0.2) is 64.8 Å². The lowest BCUT2D eigenvalue weighted by molar-refractivity contribution is 0.0735. The summed E-state index contributed by atoms with van der Waals surface area (Å²) in [5.41, 5.74) is 3.20. The minimum absolute atomic E-state index is 0.0173. The zero-order chi connectivity index (χ0) is 27.4. The fourth-order valence-corrected chi connectivity index (χ4v) is 5.78. The van der Waals surface area contributed by atoms with E-state index in [4.69, 9.17) is 14.1 Å². The second-order valence-corrected chi connectivity index (χ2v) is 10.9. The number of carbonyl (C=O) groups excluding carboxylic acids is 1. The van der Waals surface area contributed by atoms with Gasteiger partial charge in [0.1, 0.15) is 16.5 Å². The van der Waals surface area contributed by atoms with E-state index in [1.807, 2.05) is 53.4 Å². The second kappa shape index (κ2) is 12.0. The monoisotopic (exact) mass is 546 g/mol. The number of hydrogen-bond acceptors (Lipinski definition) is 9. The predicted molar refractivity (Wildman–Crippen MR) is 151 cm³/mol.